The van der Waals surface area contributed by atoms with Gasteiger partial charge in [-0.1, -0.05) is 0 Å². The van der Waals surface area contributed by atoms with E-state index in [-0.39, 0.29) is 0 Å². The fourth-order valence-electron chi connectivity index (χ4n) is 1.09. The van der Waals surface area contributed by atoms with Crippen LogP contribution >= 0.6 is 12.2 Å². The van der Waals surface area contributed by atoms with E-state index in [2.05, 4.69) is 10.6 Å². The SMILES string of the molecule is COc1ccc(NC(=S)NC[C@@H](C)O)cc1. The Morgan fingerprint density at radius 1 is 1.44 bits per heavy atom. The maximum Gasteiger partial charge on any atom is 0.170 e. The van der Waals surface area contributed by atoms with Crippen LogP contribution in [0.1, 0.15) is 6.92 Å². The molecule has 0 spiro atoms. The summed E-state index contributed by atoms with van der Waals surface area (Å²) in [5.41, 5.74) is 0.879. The van der Waals surface area contributed by atoms with Crippen LogP contribution in [0.3, 0.4) is 0 Å². The fourth-order valence-corrected chi connectivity index (χ4v) is 1.29. The van der Waals surface area contributed by atoms with E-state index >= 15 is 0 Å². The molecule has 0 bridgehead atoms. The predicted molar refractivity (Wildman–Crippen MR) is 68.9 cm³/mol. The van der Waals surface area contributed by atoms with Crippen LogP contribution in [0.2, 0.25) is 0 Å². The van der Waals surface area contributed by atoms with Gasteiger partial charge in [0.15, 0.2) is 5.11 Å². The van der Waals surface area contributed by atoms with Gasteiger partial charge in [0.25, 0.3) is 0 Å². The highest BCUT2D eigenvalue weighted by Crippen LogP contribution is 2.14. The van der Waals surface area contributed by atoms with Crippen LogP contribution in [0.4, 0.5) is 5.69 Å². The number of aliphatic hydroxyl groups is 1. The highest BCUT2D eigenvalue weighted by molar-refractivity contribution is 7.80. The van der Waals surface area contributed by atoms with Crippen LogP contribution in [0.25, 0.3) is 0 Å². The summed E-state index contributed by atoms with van der Waals surface area (Å²) < 4.78 is 5.04. The number of nitrogens with one attached hydrogen (secondary N) is 2. The first-order valence-corrected chi connectivity index (χ1v) is 5.39. The van der Waals surface area contributed by atoms with Gasteiger partial charge in [0.05, 0.1) is 13.2 Å². The molecular weight excluding hydrogens is 224 g/mol. The lowest BCUT2D eigenvalue weighted by Crippen LogP contribution is -2.33. The zero-order valence-corrected chi connectivity index (χ0v) is 10.2. The van der Waals surface area contributed by atoms with Crippen LogP contribution in [0.15, 0.2) is 24.3 Å². The third-order valence-electron chi connectivity index (χ3n) is 1.91. The standard InChI is InChI=1S/C11H16N2O2S/c1-8(14)7-12-11(16)13-9-3-5-10(15-2)6-4-9/h3-6,8,14H,7H2,1-2H3,(H2,12,13,16)/t8-/m1/s1. The number of hydrogen-bond acceptors (Lipinski definition) is 3. The largest absolute Gasteiger partial charge is 0.497 e. The Morgan fingerprint density at radius 2 is 2.06 bits per heavy atom. The van der Waals surface area contributed by atoms with E-state index in [1.807, 2.05) is 24.3 Å². The topological polar surface area (TPSA) is 53.5 Å². The Bertz CT molecular complexity index is 338. The summed E-state index contributed by atoms with van der Waals surface area (Å²) in [6, 6.07) is 7.43. The molecule has 0 fully saturated rings. The number of rotatable bonds is 4. The van der Waals surface area contributed by atoms with E-state index in [4.69, 9.17) is 22.1 Å². The van der Waals surface area contributed by atoms with Crippen LogP contribution in [0, 0.1) is 0 Å². The molecule has 1 aromatic carbocycles. The molecule has 0 aliphatic carbocycles. The van der Waals surface area contributed by atoms with Gasteiger partial charge >= 0.3 is 0 Å². The van der Waals surface area contributed by atoms with Gasteiger partial charge in [-0.05, 0) is 43.4 Å². The number of thiocarbonyl (C=S) groups is 1. The monoisotopic (exact) mass is 240 g/mol. The van der Waals surface area contributed by atoms with Crippen molar-refractivity contribution in [3.05, 3.63) is 24.3 Å². The third-order valence-corrected chi connectivity index (χ3v) is 2.15. The second-order valence-corrected chi connectivity index (χ2v) is 3.82. The number of hydrogen-bond donors (Lipinski definition) is 3. The van der Waals surface area contributed by atoms with Gasteiger partial charge in [0.2, 0.25) is 0 Å². The smallest absolute Gasteiger partial charge is 0.170 e. The van der Waals surface area contributed by atoms with Crippen molar-refractivity contribution < 1.29 is 9.84 Å². The van der Waals surface area contributed by atoms with Crippen molar-refractivity contribution in [1.29, 1.82) is 0 Å². The zero-order valence-electron chi connectivity index (χ0n) is 9.36. The first kappa shape index (κ1) is 12.7. The normalized spacial score (nSPS) is 11.7. The first-order valence-electron chi connectivity index (χ1n) is 4.99. The Morgan fingerprint density at radius 3 is 2.56 bits per heavy atom. The summed E-state index contributed by atoms with van der Waals surface area (Å²) in [5.74, 6) is 0.799. The number of anilines is 1. The lowest BCUT2D eigenvalue weighted by molar-refractivity contribution is 0.198. The van der Waals surface area contributed by atoms with E-state index in [9.17, 15) is 0 Å². The Kier molecular flexibility index (Phi) is 5.01. The molecule has 0 aliphatic heterocycles. The summed E-state index contributed by atoms with van der Waals surface area (Å²) in [4.78, 5) is 0. The molecular formula is C11H16N2O2S. The molecule has 4 nitrogen and oxygen atoms in total. The molecule has 0 heterocycles. The second kappa shape index (κ2) is 6.30. The minimum Gasteiger partial charge on any atom is -0.497 e. The molecule has 88 valence electrons. The van der Waals surface area contributed by atoms with Crippen molar-refractivity contribution in [3.63, 3.8) is 0 Å². The third kappa shape index (κ3) is 4.46. The van der Waals surface area contributed by atoms with Crippen molar-refractivity contribution in [2.24, 2.45) is 0 Å². The Labute approximate surface area is 101 Å². The number of aliphatic hydroxyl groups excluding tert-OH is 1. The first-order chi connectivity index (χ1) is 7.61. The van der Waals surface area contributed by atoms with Crippen molar-refractivity contribution in [1.82, 2.24) is 5.32 Å². The number of methoxy groups -OCH3 is 1. The fraction of sp³-hybridized carbons (Fsp3) is 0.364. The number of ether oxygens (including phenoxy) is 1. The van der Waals surface area contributed by atoms with E-state index in [0.29, 0.717) is 11.7 Å². The summed E-state index contributed by atoms with van der Waals surface area (Å²) >= 11 is 5.05. The van der Waals surface area contributed by atoms with Crippen LogP contribution < -0.4 is 15.4 Å². The van der Waals surface area contributed by atoms with Crippen molar-refractivity contribution in [3.8, 4) is 5.75 Å². The van der Waals surface area contributed by atoms with E-state index in [0.717, 1.165) is 11.4 Å². The molecule has 0 saturated carbocycles. The zero-order chi connectivity index (χ0) is 12.0. The molecule has 0 saturated heterocycles. The summed E-state index contributed by atoms with van der Waals surface area (Å²) in [7, 11) is 1.62. The Hall–Kier alpha value is -1.33. The van der Waals surface area contributed by atoms with Crippen LogP contribution in [-0.2, 0) is 0 Å². The van der Waals surface area contributed by atoms with E-state index in [1.54, 1.807) is 14.0 Å². The molecule has 1 aromatic rings. The molecule has 3 N–H and O–H groups in total. The molecule has 0 aliphatic rings. The highest BCUT2D eigenvalue weighted by Gasteiger charge is 1.99. The van der Waals surface area contributed by atoms with E-state index in [1.165, 1.54) is 0 Å². The molecule has 0 radical (unpaired) electrons. The van der Waals surface area contributed by atoms with Crippen molar-refractivity contribution in [2.45, 2.75) is 13.0 Å². The quantitative estimate of drug-likeness (QED) is 0.694. The molecule has 5 heteroatoms. The Balaban J connectivity index is 2.43. The number of benzene rings is 1. The minimum atomic E-state index is -0.421. The molecule has 1 rings (SSSR count). The van der Waals surface area contributed by atoms with Gasteiger partial charge in [-0.2, -0.15) is 0 Å². The highest BCUT2D eigenvalue weighted by atomic mass is 32.1. The minimum absolute atomic E-state index is 0.421. The lowest BCUT2D eigenvalue weighted by Gasteiger charge is -2.11. The van der Waals surface area contributed by atoms with E-state index < -0.39 is 6.10 Å². The van der Waals surface area contributed by atoms with Gasteiger partial charge in [-0.3, -0.25) is 0 Å². The lowest BCUT2D eigenvalue weighted by atomic mass is 10.3. The predicted octanol–water partition coefficient (Wildman–Crippen LogP) is 1.36. The summed E-state index contributed by atoms with van der Waals surface area (Å²) in [6.07, 6.45) is -0.421. The van der Waals surface area contributed by atoms with Gasteiger partial charge < -0.3 is 20.5 Å². The molecule has 0 unspecified atom stereocenters. The average molecular weight is 240 g/mol. The molecule has 0 aromatic heterocycles. The second-order valence-electron chi connectivity index (χ2n) is 3.41. The summed E-state index contributed by atoms with van der Waals surface area (Å²) in [5, 5.41) is 15.5. The van der Waals surface area contributed by atoms with Crippen molar-refractivity contribution >= 4 is 23.0 Å². The maximum absolute atomic E-state index is 9.07. The molecule has 0 amide bonds. The molecule has 16 heavy (non-hydrogen) atoms. The van der Waals surface area contributed by atoms with Crippen molar-refractivity contribution in [2.75, 3.05) is 19.0 Å². The maximum atomic E-state index is 9.07. The summed E-state index contributed by atoms with van der Waals surface area (Å²) in [6.45, 7) is 2.13. The van der Waals surface area contributed by atoms with Gasteiger partial charge in [0, 0.05) is 12.2 Å². The van der Waals surface area contributed by atoms with Crippen LogP contribution in [0.5, 0.6) is 5.75 Å². The van der Waals surface area contributed by atoms with Crippen LogP contribution in [-0.4, -0.2) is 30.0 Å². The average Bonchev–Trinajstić information content (AvgIpc) is 2.27. The van der Waals surface area contributed by atoms with Gasteiger partial charge in [-0.25, -0.2) is 0 Å². The molecule has 1 atom stereocenters. The van der Waals surface area contributed by atoms with Gasteiger partial charge in [0.1, 0.15) is 5.75 Å². The van der Waals surface area contributed by atoms with Gasteiger partial charge in [-0.15, -0.1) is 0 Å².